The first-order chi connectivity index (χ1) is 11.6. The highest BCUT2D eigenvalue weighted by Crippen LogP contribution is 2.30. The van der Waals surface area contributed by atoms with E-state index in [0.717, 1.165) is 18.4 Å². The smallest absolute Gasteiger partial charge is 0.416 e. The van der Waals surface area contributed by atoms with Gasteiger partial charge in [-0.1, -0.05) is 13.8 Å². The standard InChI is InChI=1S/C16H15F3N2O4/c1-8(2)12(15(23)24)21-13(22)11-7-25-14(20-11)9-3-5-10(6-4-9)16(17,18)19/h3-8,12H,1-2H3,(H,21,22)(H,23,24). The lowest BCUT2D eigenvalue weighted by Crippen LogP contribution is -2.44. The van der Waals surface area contributed by atoms with Crippen molar-refractivity contribution >= 4 is 11.9 Å². The summed E-state index contributed by atoms with van der Waals surface area (Å²) in [6, 6.07) is 2.99. The quantitative estimate of drug-likeness (QED) is 0.858. The van der Waals surface area contributed by atoms with Gasteiger partial charge >= 0.3 is 12.1 Å². The van der Waals surface area contributed by atoms with Crippen LogP contribution in [0.5, 0.6) is 0 Å². The molecule has 1 heterocycles. The number of hydrogen-bond donors (Lipinski definition) is 2. The summed E-state index contributed by atoms with van der Waals surface area (Å²) in [6.45, 7) is 3.27. The lowest BCUT2D eigenvalue weighted by atomic mass is 10.0. The van der Waals surface area contributed by atoms with Gasteiger partial charge in [-0.05, 0) is 30.2 Å². The van der Waals surface area contributed by atoms with Crippen molar-refractivity contribution in [1.82, 2.24) is 10.3 Å². The zero-order chi connectivity index (χ0) is 18.8. The maximum atomic E-state index is 12.5. The molecule has 1 aromatic carbocycles. The van der Waals surface area contributed by atoms with Gasteiger partial charge in [0.1, 0.15) is 12.3 Å². The second-order valence-corrected chi connectivity index (χ2v) is 5.65. The number of nitrogens with zero attached hydrogens (tertiary/aromatic N) is 1. The third kappa shape index (κ3) is 4.37. The van der Waals surface area contributed by atoms with Crippen LogP contribution in [-0.4, -0.2) is 28.0 Å². The van der Waals surface area contributed by atoms with Crippen molar-refractivity contribution in [3.05, 3.63) is 41.8 Å². The maximum absolute atomic E-state index is 12.5. The number of rotatable bonds is 5. The molecule has 2 N–H and O–H groups in total. The Morgan fingerprint density at radius 3 is 2.28 bits per heavy atom. The van der Waals surface area contributed by atoms with Gasteiger partial charge in [-0.25, -0.2) is 9.78 Å². The Morgan fingerprint density at radius 1 is 1.20 bits per heavy atom. The largest absolute Gasteiger partial charge is 0.480 e. The van der Waals surface area contributed by atoms with Crippen LogP contribution in [-0.2, 0) is 11.0 Å². The molecule has 0 bridgehead atoms. The van der Waals surface area contributed by atoms with Crippen molar-refractivity contribution in [3.63, 3.8) is 0 Å². The average Bonchev–Trinajstić information content (AvgIpc) is 3.01. The second kappa shape index (κ2) is 6.96. The summed E-state index contributed by atoms with van der Waals surface area (Å²) in [5.41, 5.74) is -0.727. The third-order valence-corrected chi connectivity index (χ3v) is 3.42. The number of carboxylic acids is 1. The minimum absolute atomic E-state index is 0.0460. The van der Waals surface area contributed by atoms with Gasteiger partial charge in [0.25, 0.3) is 5.91 Å². The number of aliphatic carboxylic acids is 1. The fourth-order valence-electron chi connectivity index (χ4n) is 2.04. The molecular formula is C16H15F3N2O4. The minimum atomic E-state index is -4.46. The zero-order valence-electron chi connectivity index (χ0n) is 13.3. The summed E-state index contributed by atoms with van der Waals surface area (Å²) in [5.74, 6) is -2.32. The first-order valence-electron chi connectivity index (χ1n) is 7.26. The van der Waals surface area contributed by atoms with Gasteiger partial charge in [0.15, 0.2) is 5.69 Å². The molecule has 0 radical (unpaired) electrons. The van der Waals surface area contributed by atoms with Gasteiger partial charge in [-0.3, -0.25) is 4.79 Å². The van der Waals surface area contributed by atoms with Gasteiger partial charge in [0.2, 0.25) is 5.89 Å². The SMILES string of the molecule is CC(C)C(NC(=O)c1coc(-c2ccc(C(F)(F)F)cc2)n1)C(=O)O. The Bertz CT molecular complexity index is 766. The number of nitrogens with one attached hydrogen (secondary N) is 1. The predicted molar refractivity (Wildman–Crippen MR) is 80.7 cm³/mol. The van der Waals surface area contributed by atoms with E-state index in [1.54, 1.807) is 13.8 Å². The van der Waals surface area contributed by atoms with E-state index >= 15 is 0 Å². The maximum Gasteiger partial charge on any atom is 0.416 e. The van der Waals surface area contributed by atoms with E-state index in [9.17, 15) is 22.8 Å². The fraction of sp³-hybridized carbons (Fsp3) is 0.312. The number of oxazole rings is 1. The Morgan fingerprint density at radius 2 is 1.80 bits per heavy atom. The Labute approximate surface area is 140 Å². The van der Waals surface area contributed by atoms with Crippen LogP contribution in [0.3, 0.4) is 0 Å². The van der Waals surface area contributed by atoms with Gasteiger partial charge in [0.05, 0.1) is 5.56 Å². The molecule has 9 heteroatoms. The molecule has 0 aliphatic heterocycles. The highest BCUT2D eigenvalue weighted by molar-refractivity contribution is 5.95. The highest BCUT2D eigenvalue weighted by atomic mass is 19.4. The van der Waals surface area contributed by atoms with Crippen LogP contribution in [0.15, 0.2) is 34.9 Å². The summed E-state index contributed by atoms with van der Waals surface area (Å²) in [4.78, 5) is 27.0. The van der Waals surface area contributed by atoms with E-state index < -0.39 is 29.7 Å². The number of benzene rings is 1. The number of carbonyl (C=O) groups is 2. The zero-order valence-corrected chi connectivity index (χ0v) is 13.3. The van der Waals surface area contributed by atoms with Crippen LogP contribution in [0.2, 0.25) is 0 Å². The summed E-state index contributed by atoms with van der Waals surface area (Å²) in [7, 11) is 0. The number of amides is 1. The Balaban J connectivity index is 2.16. The molecule has 1 unspecified atom stereocenters. The topological polar surface area (TPSA) is 92.4 Å². The summed E-state index contributed by atoms with van der Waals surface area (Å²) in [5, 5.41) is 11.4. The van der Waals surface area contributed by atoms with Gasteiger partial charge in [0, 0.05) is 5.56 Å². The summed E-state index contributed by atoms with van der Waals surface area (Å²) in [6.07, 6.45) is -3.44. The van der Waals surface area contributed by atoms with Crippen LogP contribution in [0, 0.1) is 5.92 Å². The average molecular weight is 356 g/mol. The lowest BCUT2D eigenvalue weighted by molar-refractivity contribution is -0.140. The first-order valence-corrected chi connectivity index (χ1v) is 7.26. The molecule has 0 spiro atoms. The molecule has 0 fully saturated rings. The molecule has 1 amide bonds. The monoisotopic (exact) mass is 356 g/mol. The summed E-state index contributed by atoms with van der Waals surface area (Å²) < 4.78 is 42.7. The molecule has 2 aromatic rings. The molecular weight excluding hydrogens is 341 g/mol. The number of aromatic nitrogens is 1. The molecule has 0 saturated heterocycles. The first kappa shape index (κ1) is 18.5. The second-order valence-electron chi connectivity index (χ2n) is 5.65. The van der Waals surface area contributed by atoms with Crippen LogP contribution in [0.25, 0.3) is 11.5 Å². The Kier molecular flexibility index (Phi) is 5.15. The van der Waals surface area contributed by atoms with E-state index in [1.807, 2.05) is 0 Å². The molecule has 134 valence electrons. The number of halogens is 3. The van der Waals surface area contributed by atoms with Crippen molar-refractivity contribution in [2.75, 3.05) is 0 Å². The molecule has 1 atom stereocenters. The van der Waals surface area contributed by atoms with Crippen LogP contribution in [0.1, 0.15) is 29.9 Å². The Hall–Kier alpha value is -2.84. The van der Waals surface area contributed by atoms with E-state index in [0.29, 0.717) is 0 Å². The predicted octanol–water partition coefficient (Wildman–Crippen LogP) is 3.20. The highest BCUT2D eigenvalue weighted by Gasteiger charge is 2.30. The molecule has 2 rings (SSSR count). The normalized spacial score (nSPS) is 12.9. The van der Waals surface area contributed by atoms with E-state index in [1.165, 1.54) is 12.1 Å². The fourth-order valence-corrected chi connectivity index (χ4v) is 2.04. The lowest BCUT2D eigenvalue weighted by Gasteiger charge is -2.16. The summed E-state index contributed by atoms with van der Waals surface area (Å²) >= 11 is 0. The van der Waals surface area contributed by atoms with Crippen molar-refractivity contribution < 1.29 is 32.3 Å². The molecule has 0 aliphatic rings. The molecule has 6 nitrogen and oxygen atoms in total. The number of hydrogen-bond acceptors (Lipinski definition) is 4. The van der Waals surface area contributed by atoms with E-state index in [2.05, 4.69) is 10.3 Å². The van der Waals surface area contributed by atoms with Gasteiger partial charge in [-0.2, -0.15) is 13.2 Å². The molecule has 0 aliphatic carbocycles. The number of carboxylic acid groups (broad SMARTS) is 1. The molecule has 1 aromatic heterocycles. The number of carbonyl (C=O) groups excluding carboxylic acids is 1. The van der Waals surface area contributed by atoms with Crippen molar-refractivity contribution in [2.45, 2.75) is 26.1 Å². The van der Waals surface area contributed by atoms with Crippen LogP contribution >= 0.6 is 0 Å². The van der Waals surface area contributed by atoms with Crippen molar-refractivity contribution in [2.24, 2.45) is 5.92 Å². The number of alkyl halides is 3. The van der Waals surface area contributed by atoms with Crippen LogP contribution < -0.4 is 5.32 Å². The van der Waals surface area contributed by atoms with Crippen LogP contribution in [0.4, 0.5) is 13.2 Å². The van der Waals surface area contributed by atoms with E-state index in [4.69, 9.17) is 9.52 Å². The third-order valence-electron chi connectivity index (χ3n) is 3.42. The van der Waals surface area contributed by atoms with Crippen molar-refractivity contribution in [3.8, 4) is 11.5 Å². The van der Waals surface area contributed by atoms with Gasteiger partial charge < -0.3 is 14.8 Å². The van der Waals surface area contributed by atoms with E-state index in [-0.39, 0.29) is 23.1 Å². The molecule has 0 saturated carbocycles. The molecule has 25 heavy (non-hydrogen) atoms. The van der Waals surface area contributed by atoms with Crippen molar-refractivity contribution in [1.29, 1.82) is 0 Å². The van der Waals surface area contributed by atoms with Gasteiger partial charge in [-0.15, -0.1) is 0 Å². The minimum Gasteiger partial charge on any atom is -0.480 e.